The van der Waals surface area contributed by atoms with Gasteiger partial charge in [-0.2, -0.15) is 0 Å². The number of amides is 1. The Kier molecular flexibility index (Phi) is 5.56. The van der Waals surface area contributed by atoms with Crippen LogP contribution in [0.25, 0.3) is 0 Å². The van der Waals surface area contributed by atoms with E-state index in [9.17, 15) is 9.90 Å². The number of aryl methyl sites for hydroxylation is 2. The summed E-state index contributed by atoms with van der Waals surface area (Å²) in [5.41, 5.74) is 3.34. The number of aromatic hydroxyl groups is 1. The van der Waals surface area contributed by atoms with Crippen molar-refractivity contribution in [2.24, 2.45) is 0 Å². The zero-order valence-electron chi connectivity index (χ0n) is 15.2. The molecule has 0 radical (unpaired) electrons. The van der Waals surface area contributed by atoms with E-state index in [0.29, 0.717) is 17.3 Å². The number of benzene rings is 2. The normalized spacial score (nSPS) is 10.3. The van der Waals surface area contributed by atoms with E-state index in [1.807, 2.05) is 32.0 Å². The van der Waals surface area contributed by atoms with Crippen molar-refractivity contribution in [3.8, 4) is 11.5 Å². The second-order valence-electron chi connectivity index (χ2n) is 6.18. The Morgan fingerprint density at radius 1 is 1.11 bits per heavy atom. The maximum Gasteiger partial charge on any atom is 0.262 e. The van der Waals surface area contributed by atoms with E-state index < -0.39 is 0 Å². The van der Waals surface area contributed by atoms with Crippen molar-refractivity contribution in [1.82, 2.24) is 4.98 Å². The van der Waals surface area contributed by atoms with Crippen LogP contribution in [0, 0.1) is 13.8 Å². The second kappa shape index (κ2) is 8.23. The largest absolute Gasteiger partial charge is 0.508 e. The van der Waals surface area contributed by atoms with Crippen molar-refractivity contribution >= 4 is 23.1 Å². The molecule has 3 N–H and O–H groups in total. The number of carbonyl (C=O) groups is 1. The monoisotopic (exact) mass is 363 g/mol. The van der Waals surface area contributed by atoms with Crippen LogP contribution in [0.2, 0.25) is 0 Å². The highest BCUT2D eigenvalue weighted by molar-refractivity contribution is 5.95. The zero-order chi connectivity index (χ0) is 19.2. The maximum atomic E-state index is 12.3. The van der Waals surface area contributed by atoms with Gasteiger partial charge in [-0.1, -0.05) is 12.1 Å². The number of phenolic OH excluding ortho intramolecular Hbond substituents is 1. The number of ether oxygens (including phenoxy) is 1. The number of phenols is 1. The number of pyridine rings is 1. The third-order valence-electron chi connectivity index (χ3n) is 3.91. The fourth-order valence-corrected chi connectivity index (χ4v) is 2.48. The second-order valence-corrected chi connectivity index (χ2v) is 6.18. The van der Waals surface area contributed by atoms with Crippen molar-refractivity contribution in [1.29, 1.82) is 0 Å². The highest BCUT2D eigenvalue weighted by Crippen LogP contribution is 2.24. The molecule has 0 atom stereocenters. The molecule has 1 amide bonds. The molecule has 0 spiro atoms. The van der Waals surface area contributed by atoms with Crippen LogP contribution in [0.15, 0.2) is 60.8 Å². The number of nitrogens with one attached hydrogen (secondary N) is 2. The number of nitrogens with zero attached hydrogens (tertiary/aromatic N) is 1. The molecule has 3 aromatic rings. The summed E-state index contributed by atoms with van der Waals surface area (Å²) in [6.45, 7) is 3.81. The van der Waals surface area contributed by atoms with Gasteiger partial charge in [0, 0.05) is 11.9 Å². The van der Waals surface area contributed by atoms with Gasteiger partial charge in [0.15, 0.2) is 12.4 Å². The first-order valence-corrected chi connectivity index (χ1v) is 8.52. The number of hydrogen-bond acceptors (Lipinski definition) is 5. The predicted octanol–water partition coefficient (Wildman–Crippen LogP) is 4.17. The average molecular weight is 363 g/mol. The van der Waals surface area contributed by atoms with Gasteiger partial charge in [-0.05, 0) is 67.4 Å². The summed E-state index contributed by atoms with van der Waals surface area (Å²) < 4.78 is 5.64. The third kappa shape index (κ3) is 4.98. The smallest absolute Gasteiger partial charge is 0.262 e. The minimum atomic E-state index is -0.280. The van der Waals surface area contributed by atoms with Crippen LogP contribution in [-0.2, 0) is 4.79 Å². The summed E-state index contributed by atoms with van der Waals surface area (Å²) in [6.07, 6.45) is 1.63. The number of anilines is 3. The fraction of sp³-hybridized carbons (Fsp3) is 0.143. The van der Waals surface area contributed by atoms with Crippen LogP contribution in [0.4, 0.5) is 17.2 Å². The Bertz CT molecular complexity index is 940. The molecule has 0 unspecified atom stereocenters. The van der Waals surface area contributed by atoms with Crippen molar-refractivity contribution < 1.29 is 14.6 Å². The zero-order valence-corrected chi connectivity index (χ0v) is 15.2. The fourth-order valence-electron chi connectivity index (χ4n) is 2.48. The molecular weight excluding hydrogens is 342 g/mol. The Hall–Kier alpha value is -3.54. The van der Waals surface area contributed by atoms with Gasteiger partial charge in [-0.3, -0.25) is 4.79 Å². The first-order valence-electron chi connectivity index (χ1n) is 8.52. The Morgan fingerprint density at radius 3 is 2.67 bits per heavy atom. The lowest BCUT2D eigenvalue weighted by Gasteiger charge is -2.13. The first kappa shape index (κ1) is 18.3. The average Bonchev–Trinajstić information content (AvgIpc) is 2.66. The third-order valence-corrected chi connectivity index (χ3v) is 3.91. The molecule has 1 heterocycles. The molecule has 138 valence electrons. The van der Waals surface area contributed by atoms with E-state index in [1.165, 1.54) is 0 Å². The quantitative estimate of drug-likeness (QED) is 0.573. The molecule has 6 nitrogen and oxygen atoms in total. The van der Waals surface area contributed by atoms with E-state index in [-0.39, 0.29) is 18.3 Å². The summed E-state index contributed by atoms with van der Waals surface area (Å²) in [4.78, 5) is 16.6. The van der Waals surface area contributed by atoms with Gasteiger partial charge in [-0.25, -0.2) is 4.98 Å². The summed E-state index contributed by atoms with van der Waals surface area (Å²) in [5.74, 6) is 1.10. The van der Waals surface area contributed by atoms with E-state index in [0.717, 1.165) is 16.8 Å². The number of rotatable bonds is 6. The van der Waals surface area contributed by atoms with E-state index >= 15 is 0 Å². The van der Waals surface area contributed by atoms with E-state index in [4.69, 9.17) is 4.74 Å². The maximum absolute atomic E-state index is 12.3. The number of hydrogen-bond donors (Lipinski definition) is 3. The van der Waals surface area contributed by atoms with Crippen molar-refractivity contribution in [3.63, 3.8) is 0 Å². The van der Waals surface area contributed by atoms with Crippen LogP contribution in [0.1, 0.15) is 11.1 Å². The molecule has 1 aromatic heterocycles. The Labute approximate surface area is 157 Å². The van der Waals surface area contributed by atoms with Crippen molar-refractivity contribution in [2.45, 2.75) is 13.8 Å². The molecule has 0 saturated carbocycles. The summed E-state index contributed by atoms with van der Waals surface area (Å²) in [6, 6.07) is 15.9. The van der Waals surface area contributed by atoms with Crippen LogP contribution >= 0.6 is 0 Å². The summed E-state index contributed by atoms with van der Waals surface area (Å²) in [5, 5.41) is 15.3. The van der Waals surface area contributed by atoms with Crippen LogP contribution in [-0.4, -0.2) is 22.6 Å². The Morgan fingerprint density at radius 2 is 1.89 bits per heavy atom. The van der Waals surface area contributed by atoms with Crippen molar-refractivity contribution in [2.75, 3.05) is 17.2 Å². The SMILES string of the molecule is Cc1ccc(C)c(OCC(=O)Nc2cccnc2Nc2ccc(O)cc2)c1. The standard InChI is InChI=1S/C21H21N3O3/c1-14-5-6-15(2)19(12-14)27-13-20(26)24-18-4-3-11-22-21(18)23-16-7-9-17(25)10-8-16/h3-12,25H,13H2,1-2H3,(H,22,23)(H,24,26). The minimum Gasteiger partial charge on any atom is -0.508 e. The minimum absolute atomic E-state index is 0.0994. The highest BCUT2D eigenvalue weighted by Gasteiger charge is 2.10. The van der Waals surface area contributed by atoms with Crippen molar-refractivity contribution in [3.05, 3.63) is 71.9 Å². The lowest BCUT2D eigenvalue weighted by molar-refractivity contribution is -0.118. The van der Waals surface area contributed by atoms with Crippen LogP contribution < -0.4 is 15.4 Å². The molecule has 0 fully saturated rings. The molecule has 0 aliphatic carbocycles. The highest BCUT2D eigenvalue weighted by atomic mass is 16.5. The van der Waals surface area contributed by atoms with E-state index in [2.05, 4.69) is 15.6 Å². The Balaban J connectivity index is 1.65. The summed E-state index contributed by atoms with van der Waals surface area (Å²) >= 11 is 0. The topological polar surface area (TPSA) is 83.5 Å². The molecule has 6 heteroatoms. The van der Waals surface area contributed by atoms with Gasteiger partial charge in [0.2, 0.25) is 0 Å². The molecule has 0 aliphatic rings. The van der Waals surface area contributed by atoms with Crippen LogP contribution in [0.5, 0.6) is 11.5 Å². The molecule has 3 rings (SSSR count). The van der Waals surface area contributed by atoms with Gasteiger partial charge < -0.3 is 20.5 Å². The van der Waals surface area contributed by atoms with Gasteiger partial charge in [-0.15, -0.1) is 0 Å². The number of carbonyl (C=O) groups excluding carboxylic acids is 1. The number of aromatic nitrogens is 1. The molecule has 0 bridgehead atoms. The molecular formula is C21H21N3O3. The lowest BCUT2D eigenvalue weighted by atomic mass is 10.1. The molecule has 0 aliphatic heterocycles. The van der Waals surface area contributed by atoms with E-state index in [1.54, 1.807) is 42.6 Å². The molecule has 0 saturated heterocycles. The molecule has 2 aromatic carbocycles. The molecule has 27 heavy (non-hydrogen) atoms. The lowest BCUT2D eigenvalue weighted by Crippen LogP contribution is -2.21. The summed E-state index contributed by atoms with van der Waals surface area (Å²) in [7, 11) is 0. The van der Waals surface area contributed by atoms with Gasteiger partial charge >= 0.3 is 0 Å². The van der Waals surface area contributed by atoms with Crippen LogP contribution in [0.3, 0.4) is 0 Å². The first-order chi connectivity index (χ1) is 13.0. The van der Waals surface area contributed by atoms with Gasteiger partial charge in [0.25, 0.3) is 5.91 Å². The van der Waals surface area contributed by atoms with Gasteiger partial charge in [0.1, 0.15) is 11.5 Å². The van der Waals surface area contributed by atoms with Gasteiger partial charge in [0.05, 0.1) is 5.69 Å². The predicted molar refractivity (Wildman–Crippen MR) is 106 cm³/mol.